The van der Waals surface area contributed by atoms with Gasteiger partial charge in [0.05, 0.1) is 24.2 Å². The highest BCUT2D eigenvalue weighted by Gasteiger charge is 2.24. The zero-order chi connectivity index (χ0) is 24.3. The summed E-state index contributed by atoms with van der Waals surface area (Å²) in [6.45, 7) is 0.736. The monoisotopic (exact) mass is 481 g/mol. The average Bonchev–Trinajstić information content (AvgIpc) is 3.29. The quantitative estimate of drug-likeness (QED) is 0.551. The van der Waals surface area contributed by atoms with E-state index in [0.717, 1.165) is 4.31 Å². The summed E-state index contributed by atoms with van der Waals surface area (Å²) in [6.07, 6.45) is -0.442. The van der Waals surface area contributed by atoms with Gasteiger partial charge in [0.25, 0.3) is 15.9 Å². The lowest BCUT2D eigenvalue weighted by atomic mass is 10.2. The van der Waals surface area contributed by atoms with E-state index in [1.54, 1.807) is 48.5 Å². The van der Waals surface area contributed by atoms with E-state index in [1.165, 1.54) is 43.3 Å². The fourth-order valence-corrected chi connectivity index (χ4v) is 4.71. The minimum absolute atomic E-state index is 0.0213. The highest BCUT2D eigenvalue weighted by atomic mass is 32.2. The minimum Gasteiger partial charge on any atom is -0.497 e. The molecule has 9 nitrogen and oxygen atoms in total. The van der Waals surface area contributed by atoms with Gasteiger partial charge in [0.2, 0.25) is 0 Å². The molecule has 0 spiro atoms. The molecule has 1 aliphatic heterocycles. The average molecular weight is 482 g/mol. The topological polar surface area (TPSA) is 105 Å². The Labute approximate surface area is 197 Å². The standard InChI is InChI=1S/C24H23N3O6S/c1-26(19-9-11-21(32-2)12-10-19)34(30,31)22-8-3-5-17(15-22)23(28)25-18-6-4-7-20(16-18)27-13-14-33-24(27)29/h3-12,15-16H,13-14H2,1-2H3,(H,25,28). The van der Waals surface area contributed by atoms with Crippen molar-refractivity contribution in [3.8, 4) is 5.75 Å². The normalized spacial score (nSPS) is 13.4. The van der Waals surface area contributed by atoms with Crippen molar-refractivity contribution in [2.45, 2.75) is 4.90 Å². The lowest BCUT2D eigenvalue weighted by molar-refractivity contribution is 0.102. The Kier molecular flexibility index (Phi) is 6.42. The summed E-state index contributed by atoms with van der Waals surface area (Å²) < 4.78 is 37.5. The first-order valence-corrected chi connectivity index (χ1v) is 11.8. The van der Waals surface area contributed by atoms with Crippen LogP contribution in [0.25, 0.3) is 0 Å². The molecule has 1 heterocycles. The molecule has 1 aliphatic rings. The molecule has 2 amide bonds. The molecule has 0 bridgehead atoms. The Morgan fingerprint density at radius 3 is 2.47 bits per heavy atom. The van der Waals surface area contributed by atoms with E-state index < -0.39 is 22.0 Å². The smallest absolute Gasteiger partial charge is 0.414 e. The second kappa shape index (κ2) is 9.44. The maximum absolute atomic E-state index is 13.2. The number of ether oxygens (including phenoxy) is 2. The van der Waals surface area contributed by atoms with Gasteiger partial charge in [-0.15, -0.1) is 0 Å². The number of nitrogens with zero attached hydrogens (tertiary/aromatic N) is 2. The van der Waals surface area contributed by atoms with Gasteiger partial charge in [0, 0.05) is 24.0 Å². The first kappa shape index (κ1) is 23.1. The minimum atomic E-state index is -3.91. The molecule has 1 saturated heterocycles. The van der Waals surface area contributed by atoms with Gasteiger partial charge in [-0.3, -0.25) is 14.0 Å². The molecule has 0 aromatic heterocycles. The lowest BCUT2D eigenvalue weighted by Gasteiger charge is -2.20. The molecule has 0 unspecified atom stereocenters. The number of nitrogens with one attached hydrogen (secondary N) is 1. The second-order valence-corrected chi connectivity index (χ2v) is 9.44. The zero-order valence-electron chi connectivity index (χ0n) is 18.6. The summed E-state index contributed by atoms with van der Waals surface area (Å²) in [7, 11) is -0.936. The van der Waals surface area contributed by atoms with Crippen molar-refractivity contribution in [1.29, 1.82) is 0 Å². The Balaban J connectivity index is 1.53. The van der Waals surface area contributed by atoms with Crippen LogP contribution in [0.2, 0.25) is 0 Å². The number of hydrogen-bond donors (Lipinski definition) is 1. The SMILES string of the molecule is COc1ccc(N(C)S(=O)(=O)c2cccc(C(=O)Nc3cccc(N4CCOC4=O)c3)c2)cc1. The van der Waals surface area contributed by atoms with Gasteiger partial charge in [-0.25, -0.2) is 13.2 Å². The molecule has 4 rings (SSSR count). The highest BCUT2D eigenvalue weighted by molar-refractivity contribution is 7.92. The largest absolute Gasteiger partial charge is 0.497 e. The first-order valence-electron chi connectivity index (χ1n) is 10.4. The molecule has 1 fully saturated rings. The van der Waals surface area contributed by atoms with E-state index in [-0.39, 0.29) is 10.5 Å². The number of amides is 2. The molecule has 176 valence electrons. The van der Waals surface area contributed by atoms with Gasteiger partial charge in [0.1, 0.15) is 12.4 Å². The Bertz CT molecular complexity index is 1320. The molecule has 10 heteroatoms. The molecular weight excluding hydrogens is 458 g/mol. The number of carbonyl (C=O) groups excluding carboxylic acids is 2. The summed E-state index contributed by atoms with van der Waals surface area (Å²) in [5, 5.41) is 2.75. The van der Waals surface area contributed by atoms with Gasteiger partial charge in [-0.05, 0) is 60.7 Å². The molecule has 0 atom stereocenters. The molecule has 3 aromatic rings. The van der Waals surface area contributed by atoms with Gasteiger partial charge in [0.15, 0.2) is 0 Å². The number of anilines is 3. The third kappa shape index (κ3) is 4.67. The van der Waals surface area contributed by atoms with Crippen molar-refractivity contribution in [2.24, 2.45) is 0 Å². The van der Waals surface area contributed by atoms with Crippen molar-refractivity contribution < 1.29 is 27.5 Å². The molecule has 3 aromatic carbocycles. The van der Waals surface area contributed by atoms with Crippen molar-refractivity contribution >= 4 is 39.1 Å². The van der Waals surface area contributed by atoms with E-state index in [4.69, 9.17) is 9.47 Å². The molecule has 0 radical (unpaired) electrons. The van der Waals surface area contributed by atoms with Gasteiger partial charge >= 0.3 is 6.09 Å². The number of carbonyl (C=O) groups is 2. The van der Waals surface area contributed by atoms with Crippen LogP contribution >= 0.6 is 0 Å². The number of benzene rings is 3. The Morgan fingerprint density at radius 1 is 1.06 bits per heavy atom. The second-order valence-electron chi connectivity index (χ2n) is 7.47. The van der Waals surface area contributed by atoms with Crippen LogP contribution < -0.4 is 19.3 Å². The lowest BCUT2D eigenvalue weighted by Crippen LogP contribution is -2.26. The summed E-state index contributed by atoms with van der Waals surface area (Å²) in [6, 6.07) is 19.2. The van der Waals surface area contributed by atoms with E-state index in [9.17, 15) is 18.0 Å². The van der Waals surface area contributed by atoms with Crippen LogP contribution in [0.4, 0.5) is 21.9 Å². The summed E-state index contributed by atoms with van der Waals surface area (Å²) in [5.41, 5.74) is 1.69. The molecule has 34 heavy (non-hydrogen) atoms. The van der Waals surface area contributed by atoms with E-state index in [1.807, 2.05) is 0 Å². The van der Waals surface area contributed by atoms with Crippen molar-refractivity contribution in [1.82, 2.24) is 0 Å². The number of methoxy groups -OCH3 is 1. The Hall–Kier alpha value is -4.05. The van der Waals surface area contributed by atoms with Crippen molar-refractivity contribution in [2.75, 3.05) is 41.8 Å². The van der Waals surface area contributed by atoms with Crippen LogP contribution in [0.1, 0.15) is 10.4 Å². The van der Waals surface area contributed by atoms with E-state index in [0.29, 0.717) is 36.0 Å². The molecule has 0 saturated carbocycles. The van der Waals surface area contributed by atoms with Crippen LogP contribution in [0, 0.1) is 0 Å². The summed E-state index contributed by atoms with van der Waals surface area (Å²) in [4.78, 5) is 26.1. The van der Waals surface area contributed by atoms with E-state index in [2.05, 4.69) is 5.32 Å². The van der Waals surface area contributed by atoms with Gasteiger partial charge < -0.3 is 14.8 Å². The van der Waals surface area contributed by atoms with Crippen LogP contribution in [-0.2, 0) is 14.8 Å². The maximum atomic E-state index is 13.2. The first-order chi connectivity index (χ1) is 16.3. The van der Waals surface area contributed by atoms with Crippen LogP contribution in [0.3, 0.4) is 0 Å². The predicted molar refractivity (Wildman–Crippen MR) is 128 cm³/mol. The zero-order valence-corrected chi connectivity index (χ0v) is 19.4. The molecule has 1 N–H and O–H groups in total. The Morgan fingerprint density at radius 2 is 1.79 bits per heavy atom. The molecular formula is C24H23N3O6S. The number of rotatable bonds is 7. The van der Waals surface area contributed by atoms with Gasteiger partial charge in [-0.2, -0.15) is 0 Å². The summed E-state index contributed by atoms with van der Waals surface area (Å²) in [5.74, 6) is 0.129. The van der Waals surface area contributed by atoms with Crippen LogP contribution in [0.15, 0.2) is 77.7 Å². The van der Waals surface area contributed by atoms with Crippen LogP contribution in [-0.4, -0.2) is 47.7 Å². The van der Waals surface area contributed by atoms with Crippen LogP contribution in [0.5, 0.6) is 5.75 Å². The third-order valence-electron chi connectivity index (χ3n) is 5.37. The number of hydrogen-bond acceptors (Lipinski definition) is 6. The third-order valence-corrected chi connectivity index (χ3v) is 7.15. The highest BCUT2D eigenvalue weighted by Crippen LogP contribution is 2.26. The molecule has 0 aliphatic carbocycles. The van der Waals surface area contributed by atoms with Crippen molar-refractivity contribution in [3.05, 3.63) is 78.4 Å². The summed E-state index contributed by atoms with van der Waals surface area (Å²) >= 11 is 0. The number of sulfonamides is 1. The van der Waals surface area contributed by atoms with Gasteiger partial charge in [-0.1, -0.05) is 12.1 Å². The maximum Gasteiger partial charge on any atom is 0.414 e. The fourth-order valence-electron chi connectivity index (χ4n) is 3.47. The van der Waals surface area contributed by atoms with E-state index >= 15 is 0 Å². The predicted octanol–water partition coefficient (Wildman–Crippen LogP) is 3.73. The fraction of sp³-hybridized carbons (Fsp3) is 0.167. The van der Waals surface area contributed by atoms with Crippen molar-refractivity contribution in [3.63, 3.8) is 0 Å². The number of cyclic esters (lactones) is 1.